The monoisotopic (exact) mass is 195 g/mol. The highest BCUT2D eigenvalue weighted by Gasteiger charge is 2.19. The van der Waals surface area contributed by atoms with Gasteiger partial charge in [0, 0.05) is 11.8 Å². The molecular weight excluding hydrogens is 186 g/mol. The van der Waals surface area contributed by atoms with Gasteiger partial charge in [0.2, 0.25) is 0 Å². The average Bonchev–Trinajstić information content (AvgIpc) is 1.86. The maximum Gasteiger partial charge on any atom is 0.299 e. The molecule has 1 heterocycles. The molecule has 2 N–H and O–H groups in total. The third kappa shape index (κ3) is 2.35. The molecule has 11 heavy (non-hydrogen) atoms. The van der Waals surface area contributed by atoms with Crippen molar-refractivity contribution >= 4 is 29.2 Å². The van der Waals surface area contributed by atoms with Gasteiger partial charge in [-0.15, -0.1) is 0 Å². The lowest BCUT2D eigenvalue weighted by molar-refractivity contribution is 0.514. The van der Waals surface area contributed by atoms with Gasteiger partial charge in [-0.05, 0) is 0 Å². The van der Waals surface area contributed by atoms with E-state index < -0.39 is 10.2 Å². The Morgan fingerprint density at radius 2 is 2.36 bits per heavy atom. The summed E-state index contributed by atoms with van der Waals surface area (Å²) in [7, 11) is -3.62. The largest absolute Gasteiger partial charge is 0.299 e. The summed E-state index contributed by atoms with van der Waals surface area (Å²) < 4.78 is 22.4. The minimum Gasteiger partial charge on any atom is -0.273 e. The Labute approximate surface area is 70.9 Å². The van der Waals surface area contributed by atoms with E-state index in [-0.39, 0.29) is 5.25 Å². The SMILES string of the molecule is NS(=O)(=O)N1C=NCC(S)C1. The van der Waals surface area contributed by atoms with Gasteiger partial charge in [-0.1, -0.05) is 0 Å². The molecule has 1 unspecified atom stereocenters. The second-order valence-electron chi connectivity index (χ2n) is 2.25. The summed E-state index contributed by atoms with van der Waals surface area (Å²) in [6.45, 7) is 0.834. The number of hydrogen-bond acceptors (Lipinski definition) is 4. The first-order chi connectivity index (χ1) is 5.00. The predicted molar refractivity (Wildman–Crippen MR) is 45.9 cm³/mol. The summed E-state index contributed by atoms with van der Waals surface area (Å²) in [5.41, 5.74) is 0. The van der Waals surface area contributed by atoms with E-state index in [1.165, 1.54) is 6.34 Å². The minimum absolute atomic E-state index is 0.0571. The van der Waals surface area contributed by atoms with Crippen LogP contribution < -0.4 is 5.14 Å². The van der Waals surface area contributed by atoms with E-state index in [0.717, 1.165) is 4.31 Å². The average molecular weight is 195 g/mol. The normalized spacial score (nSPS) is 25.6. The second-order valence-corrected chi connectivity index (χ2v) is 4.48. The van der Waals surface area contributed by atoms with Gasteiger partial charge >= 0.3 is 0 Å². The molecule has 1 atom stereocenters. The highest BCUT2D eigenvalue weighted by molar-refractivity contribution is 7.87. The maximum absolute atomic E-state index is 10.7. The van der Waals surface area contributed by atoms with E-state index in [4.69, 9.17) is 5.14 Å². The first-order valence-electron chi connectivity index (χ1n) is 2.98. The molecule has 1 rings (SSSR count). The number of nitrogens with two attached hydrogens (primary N) is 1. The molecule has 0 aromatic rings. The molecule has 0 saturated carbocycles. The van der Waals surface area contributed by atoms with Crippen LogP contribution in [0.15, 0.2) is 4.99 Å². The van der Waals surface area contributed by atoms with Crippen LogP contribution in [0, 0.1) is 0 Å². The van der Waals surface area contributed by atoms with Crippen molar-refractivity contribution < 1.29 is 8.42 Å². The van der Waals surface area contributed by atoms with E-state index in [2.05, 4.69) is 17.6 Å². The van der Waals surface area contributed by atoms with Crippen molar-refractivity contribution in [2.45, 2.75) is 5.25 Å². The van der Waals surface area contributed by atoms with E-state index in [0.29, 0.717) is 13.1 Å². The van der Waals surface area contributed by atoms with Crippen LogP contribution in [0.3, 0.4) is 0 Å². The van der Waals surface area contributed by atoms with Crippen molar-refractivity contribution in [2.24, 2.45) is 10.1 Å². The third-order valence-electron chi connectivity index (χ3n) is 1.24. The number of nitrogens with zero attached hydrogens (tertiary/aromatic N) is 2. The topological polar surface area (TPSA) is 75.8 Å². The fourth-order valence-electron chi connectivity index (χ4n) is 0.742. The summed E-state index contributed by atoms with van der Waals surface area (Å²) in [6, 6.07) is 0. The molecule has 0 saturated heterocycles. The van der Waals surface area contributed by atoms with Gasteiger partial charge in [-0.25, -0.2) is 9.44 Å². The van der Waals surface area contributed by atoms with Gasteiger partial charge in [-0.3, -0.25) is 4.99 Å². The van der Waals surface area contributed by atoms with Crippen LogP contribution in [-0.2, 0) is 10.2 Å². The smallest absolute Gasteiger partial charge is 0.273 e. The summed E-state index contributed by atoms with van der Waals surface area (Å²) >= 11 is 4.08. The molecule has 0 radical (unpaired) electrons. The van der Waals surface area contributed by atoms with Crippen LogP contribution in [0.25, 0.3) is 0 Å². The molecular formula is C4H9N3O2S2. The van der Waals surface area contributed by atoms with Gasteiger partial charge in [0.1, 0.15) is 6.34 Å². The molecule has 0 fully saturated rings. The van der Waals surface area contributed by atoms with Crippen molar-refractivity contribution in [3.63, 3.8) is 0 Å². The molecule has 1 aliphatic rings. The number of rotatable bonds is 1. The molecule has 7 heteroatoms. The van der Waals surface area contributed by atoms with Crippen molar-refractivity contribution in [3.05, 3.63) is 0 Å². The molecule has 0 amide bonds. The van der Waals surface area contributed by atoms with Gasteiger partial charge in [0.15, 0.2) is 0 Å². The molecule has 0 aliphatic carbocycles. The minimum atomic E-state index is -3.62. The summed E-state index contributed by atoms with van der Waals surface area (Å²) in [4.78, 5) is 3.77. The zero-order valence-corrected chi connectivity index (χ0v) is 7.42. The Bertz CT molecular complexity index is 261. The lowest BCUT2D eigenvalue weighted by Gasteiger charge is -2.23. The van der Waals surface area contributed by atoms with Crippen molar-refractivity contribution in [2.75, 3.05) is 13.1 Å². The number of aliphatic imine (C=N–C) groups is 1. The zero-order valence-electron chi connectivity index (χ0n) is 5.71. The Balaban J connectivity index is 2.76. The quantitative estimate of drug-likeness (QED) is 0.517. The fourth-order valence-corrected chi connectivity index (χ4v) is 1.71. The molecule has 0 spiro atoms. The van der Waals surface area contributed by atoms with E-state index >= 15 is 0 Å². The van der Waals surface area contributed by atoms with Crippen LogP contribution in [0.1, 0.15) is 0 Å². The van der Waals surface area contributed by atoms with E-state index in [1.54, 1.807) is 0 Å². The number of thiol groups is 1. The number of hydrogen-bond donors (Lipinski definition) is 2. The van der Waals surface area contributed by atoms with Crippen molar-refractivity contribution in [1.82, 2.24) is 4.31 Å². The lowest BCUT2D eigenvalue weighted by atomic mass is 10.4. The van der Waals surface area contributed by atoms with Gasteiger partial charge in [0.25, 0.3) is 10.2 Å². The van der Waals surface area contributed by atoms with Gasteiger partial charge in [0.05, 0.1) is 6.54 Å². The first kappa shape index (κ1) is 8.82. The van der Waals surface area contributed by atoms with Crippen LogP contribution in [-0.4, -0.2) is 37.4 Å². The van der Waals surface area contributed by atoms with Crippen LogP contribution in [0.2, 0.25) is 0 Å². The van der Waals surface area contributed by atoms with Gasteiger partial charge < -0.3 is 0 Å². The van der Waals surface area contributed by atoms with Crippen LogP contribution >= 0.6 is 12.6 Å². The Kier molecular flexibility index (Phi) is 2.40. The maximum atomic E-state index is 10.7. The van der Waals surface area contributed by atoms with E-state index in [1.807, 2.05) is 0 Å². The van der Waals surface area contributed by atoms with Crippen LogP contribution in [0.5, 0.6) is 0 Å². The molecule has 64 valence electrons. The standard InChI is InChI=1S/C4H9N3O2S2/c5-11(8,9)7-2-4(10)1-6-3-7/h3-4,10H,1-2H2,(H2,5,8,9). The Morgan fingerprint density at radius 1 is 1.73 bits per heavy atom. The van der Waals surface area contributed by atoms with E-state index in [9.17, 15) is 8.42 Å². The highest BCUT2D eigenvalue weighted by Crippen LogP contribution is 2.05. The summed E-state index contributed by atoms with van der Waals surface area (Å²) in [6.07, 6.45) is 1.22. The molecule has 0 aromatic heterocycles. The fraction of sp³-hybridized carbons (Fsp3) is 0.750. The Morgan fingerprint density at radius 3 is 2.73 bits per heavy atom. The molecule has 5 nitrogen and oxygen atoms in total. The van der Waals surface area contributed by atoms with Crippen molar-refractivity contribution in [1.29, 1.82) is 0 Å². The third-order valence-corrected chi connectivity index (χ3v) is 2.47. The predicted octanol–water partition coefficient (Wildman–Crippen LogP) is -1.17. The van der Waals surface area contributed by atoms with Crippen LogP contribution in [0.4, 0.5) is 0 Å². The summed E-state index contributed by atoms with van der Waals surface area (Å²) in [5, 5.41) is 4.79. The Hall–Kier alpha value is -0.270. The van der Waals surface area contributed by atoms with Crippen molar-refractivity contribution in [3.8, 4) is 0 Å². The molecule has 0 aromatic carbocycles. The zero-order chi connectivity index (χ0) is 8.48. The summed E-state index contributed by atoms with van der Waals surface area (Å²) in [5.74, 6) is 0. The van der Waals surface area contributed by atoms with Gasteiger partial charge in [-0.2, -0.15) is 21.0 Å². The molecule has 0 bridgehead atoms. The first-order valence-corrected chi connectivity index (χ1v) is 4.99. The highest BCUT2D eigenvalue weighted by atomic mass is 32.2. The molecule has 1 aliphatic heterocycles. The second kappa shape index (κ2) is 3.00. The lowest BCUT2D eigenvalue weighted by Crippen LogP contribution is -2.42.